The summed E-state index contributed by atoms with van der Waals surface area (Å²) in [5, 5.41) is 4.72. The molecule has 0 atom stereocenters. The smallest absolute Gasteiger partial charge is 0.258 e. The highest BCUT2D eigenvalue weighted by Crippen LogP contribution is 2.33. The van der Waals surface area contributed by atoms with Crippen molar-refractivity contribution in [1.82, 2.24) is 14.7 Å². The van der Waals surface area contributed by atoms with Crippen molar-refractivity contribution in [3.8, 4) is 5.75 Å². The van der Waals surface area contributed by atoms with Crippen LogP contribution in [0.3, 0.4) is 0 Å². The Morgan fingerprint density at radius 1 is 1.21 bits per heavy atom. The van der Waals surface area contributed by atoms with Gasteiger partial charge in [-0.05, 0) is 44.9 Å². The van der Waals surface area contributed by atoms with Crippen LogP contribution in [0.25, 0.3) is 0 Å². The van der Waals surface area contributed by atoms with E-state index in [1.807, 2.05) is 13.8 Å². The molecule has 0 radical (unpaired) electrons. The molecular formula is C21H27N3O4S. The summed E-state index contributed by atoms with van der Waals surface area (Å²) in [7, 11) is -3.43. The van der Waals surface area contributed by atoms with Crippen LogP contribution in [0.15, 0.2) is 29.3 Å². The highest BCUT2D eigenvalue weighted by molar-refractivity contribution is 7.90. The first-order valence-electron chi connectivity index (χ1n) is 10.1. The number of nitrogens with zero attached hydrogens (tertiary/aromatic N) is 3. The number of amides is 1. The van der Waals surface area contributed by atoms with E-state index in [1.165, 1.54) is 25.0 Å². The molecule has 0 N–H and O–H groups in total. The van der Waals surface area contributed by atoms with E-state index >= 15 is 0 Å². The van der Waals surface area contributed by atoms with E-state index in [-0.39, 0.29) is 22.5 Å². The summed E-state index contributed by atoms with van der Waals surface area (Å²) in [6.45, 7) is 4.65. The van der Waals surface area contributed by atoms with E-state index in [2.05, 4.69) is 10.9 Å². The molecule has 1 aliphatic heterocycles. The first-order chi connectivity index (χ1) is 13.7. The van der Waals surface area contributed by atoms with Crippen molar-refractivity contribution in [3.63, 3.8) is 0 Å². The molecule has 4 rings (SSSR count). The normalized spacial score (nSPS) is 17.2. The van der Waals surface area contributed by atoms with Crippen molar-refractivity contribution in [3.05, 3.63) is 41.2 Å². The second-order valence-corrected chi connectivity index (χ2v) is 10.3. The number of sulfone groups is 1. The van der Waals surface area contributed by atoms with Gasteiger partial charge in [0.05, 0.1) is 34.8 Å². The molecule has 1 aromatic heterocycles. The van der Waals surface area contributed by atoms with Crippen molar-refractivity contribution < 1.29 is 17.9 Å². The van der Waals surface area contributed by atoms with Gasteiger partial charge in [-0.25, -0.2) is 8.42 Å². The van der Waals surface area contributed by atoms with Gasteiger partial charge in [0.2, 0.25) is 0 Å². The number of carbonyl (C=O) groups is 1. The Bertz CT molecular complexity index is 1010. The zero-order valence-corrected chi connectivity index (χ0v) is 17.9. The van der Waals surface area contributed by atoms with E-state index in [0.29, 0.717) is 24.9 Å². The lowest BCUT2D eigenvalue weighted by Gasteiger charge is -2.20. The van der Waals surface area contributed by atoms with Gasteiger partial charge >= 0.3 is 0 Å². The highest BCUT2D eigenvalue weighted by Gasteiger charge is 2.31. The molecule has 0 spiro atoms. The summed E-state index contributed by atoms with van der Waals surface area (Å²) in [6, 6.07) is 4.94. The van der Waals surface area contributed by atoms with Crippen LogP contribution in [0.4, 0.5) is 0 Å². The van der Waals surface area contributed by atoms with Crippen LogP contribution in [0, 0.1) is 0 Å². The van der Waals surface area contributed by atoms with Crippen LogP contribution >= 0.6 is 0 Å². The lowest BCUT2D eigenvalue weighted by molar-refractivity contribution is 0.0742. The molecule has 0 unspecified atom stereocenters. The van der Waals surface area contributed by atoms with Crippen molar-refractivity contribution in [2.45, 2.75) is 69.7 Å². The minimum Gasteiger partial charge on any atom is -0.490 e. The largest absolute Gasteiger partial charge is 0.490 e. The Balaban J connectivity index is 1.59. The van der Waals surface area contributed by atoms with E-state index in [4.69, 9.17) is 9.84 Å². The number of hydrogen-bond acceptors (Lipinski definition) is 5. The van der Waals surface area contributed by atoms with Crippen LogP contribution in [0.2, 0.25) is 0 Å². The monoisotopic (exact) mass is 417 g/mol. The van der Waals surface area contributed by atoms with E-state index in [0.717, 1.165) is 30.4 Å². The van der Waals surface area contributed by atoms with Gasteiger partial charge in [0.1, 0.15) is 5.75 Å². The average molecular weight is 418 g/mol. The maximum absolute atomic E-state index is 13.3. The number of fused-ring (bicyclic) bond motifs is 1. The second kappa shape index (κ2) is 7.48. The fraction of sp³-hybridized carbons (Fsp3) is 0.524. The summed E-state index contributed by atoms with van der Waals surface area (Å²) in [5.41, 5.74) is 2.27. The second-order valence-electron chi connectivity index (χ2n) is 8.28. The third kappa shape index (κ3) is 4.03. The molecule has 156 valence electrons. The lowest BCUT2D eigenvalue weighted by Crippen LogP contribution is -2.27. The van der Waals surface area contributed by atoms with Crippen LogP contribution in [-0.2, 0) is 22.9 Å². The first kappa shape index (κ1) is 19.9. The molecule has 8 heteroatoms. The molecule has 1 fully saturated rings. The van der Waals surface area contributed by atoms with Gasteiger partial charge in [-0.15, -0.1) is 0 Å². The van der Waals surface area contributed by atoms with Gasteiger partial charge < -0.3 is 9.64 Å². The molecule has 1 amide bonds. The molecule has 2 aromatic rings. The summed E-state index contributed by atoms with van der Waals surface area (Å²) in [5.74, 6) is 0.162. The maximum Gasteiger partial charge on any atom is 0.258 e. The molecule has 1 aliphatic carbocycles. The van der Waals surface area contributed by atoms with Gasteiger partial charge in [0.25, 0.3) is 5.91 Å². The van der Waals surface area contributed by atoms with E-state index < -0.39 is 9.84 Å². The molecule has 0 saturated heterocycles. The number of carbonyl (C=O) groups excluding carboxylic acids is 1. The van der Waals surface area contributed by atoms with E-state index in [9.17, 15) is 13.2 Å². The Labute approximate surface area is 171 Å². The molecule has 29 heavy (non-hydrogen) atoms. The van der Waals surface area contributed by atoms with Crippen LogP contribution in [0.1, 0.15) is 67.2 Å². The van der Waals surface area contributed by atoms with Gasteiger partial charge in [-0.1, -0.05) is 12.8 Å². The number of ether oxygens (including phenoxy) is 1. The molecule has 7 nitrogen and oxygen atoms in total. The van der Waals surface area contributed by atoms with Gasteiger partial charge in [0, 0.05) is 24.6 Å². The SMILES string of the molecule is CC(C)Oc1ccc(S(C)(=O)=O)cc1C(=O)N1Cc2cn(C3CCCC3)nc2C1. The number of hydrogen-bond donors (Lipinski definition) is 0. The number of rotatable bonds is 5. The quantitative estimate of drug-likeness (QED) is 0.745. The zero-order chi connectivity index (χ0) is 20.8. The van der Waals surface area contributed by atoms with Gasteiger partial charge in [-0.2, -0.15) is 5.10 Å². The summed E-state index contributed by atoms with van der Waals surface area (Å²) in [6.07, 6.45) is 7.89. The molecule has 1 saturated carbocycles. The Kier molecular flexibility index (Phi) is 5.14. The third-order valence-corrected chi connectivity index (χ3v) is 6.67. The molecule has 2 heterocycles. The topological polar surface area (TPSA) is 81.5 Å². The fourth-order valence-electron chi connectivity index (χ4n) is 4.11. The van der Waals surface area contributed by atoms with Crippen molar-refractivity contribution in [2.24, 2.45) is 0 Å². The minimum atomic E-state index is -3.43. The van der Waals surface area contributed by atoms with Gasteiger partial charge in [-0.3, -0.25) is 9.48 Å². The van der Waals surface area contributed by atoms with Crippen LogP contribution in [0.5, 0.6) is 5.75 Å². The summed E-state index contributed by atoms with van der Waals surface area (Å²) in [4.78, 5) is 15.1. The Morgan fingerprint density at radius 3 is 2.55 bits per heavy atom. The molecule has 1 aromatic carbocycles. The Hall–Kier alpha value is -2.35. The molecule has 2 aliphatic rings. The molecular weight excluding hydrogens is 390 g/mol. The summed E-state index contributed by atoms with van der Waals surface area (Å²) < 4.78 is 31.8. The van der Waals surface area contributed by atoms with Crippen molar-refractivity contribution in [2.75, 3.05) is 6.26 Å². The van der Waals surface area contributed by atoms with Crippen molar-refractivity contribution in [1.29, 1.82) is 0 Å². The van der Waals surface area contributed by atoms with Crippen LogP contribution < -0.4 is 4.74 Å². The van der Waals surface area contributed by atoms with E-state index in [1.54, 1.807) is 11.0 Å². The predicted octanol–water partition coefficient (Wildman–Crippen LogP) is 3.34. The maximum atomic E-state index is 13.3. The number of aromatic nitrogens is 2. The number of benzene rings is 1. The average Bonchev–Trinajstić information content (AvgIpc) is 3.35. The molecule has 0 bridgehead atoms. The van der Waals surface area contributed by atoms with Crippen molar-refractivity contribution >= 4 is 15.7 Å². The lowest BCUT2D eigenvalue weighted by atomic mass is 10.1. The standard InChI is InChI=1S/C21H27N3O4S/c1-14(2)28-20-9-8-17(29(3,26)27)10-18(20)21(25)23-11-15-12-24(22-19(15)13-23)16-6-4-5-7-16/h8-10,12,14,16H,4-7,11,13H2,1-3H3. The fourth-order valence-corrected chi connectivity index (χ4v) is 4.75. The van der Waals surface area contributed by atoms with Crippen LogP contribution in [-0.4, -0.2) is 41.4 Å². The Morgan fingerprint density at radius 2 is 1.93 bits per heavy atom. The predicted molar refractivity (Wildman–Crippen MR) is 109 cm³/mol. The first-order valence-corrected chi connectivity index (χ1v) is 12.0. The third-order valence-electron chi connectivity index (χ3n) is 5.56. The summed E-state index contributed by atoms with van der Waals surface area (Å²) >= 11 is 0. The minimum absolute atomic E-state index is 0.111. The highest BCUT2D eigenvalue weighted by atomic mass is 32.2. The van der Waals surface area contributed by atoms with Gasteiger partial charge in [0.15, 0.2) is 9.84 Å². The zero-order valence-electron chi connectivity index (χ0n) is 17.1.